The highest BCUT2D eigenvalue weighted by atomic mass is 19.4. The number of rotatable bonds is 4. The molecule has 4 rings (SSSR count). The summed E-state index contributed by atoms with van der Waals surface area (Å²) in [5.41, 5.74) is 0.578. The molecule has 0 fully saturated rings. The molecule has 3 heterocycles. The minimum Gasteiger partial charge on any atom is -0.252 e. The second kappa shape index (κ2) is 7.81. The average molecular weight is 444 g/mol. The first-order valence-corrected chi connectivity index (χ1v) is 9.59. The van der Waals surface area contributed by atoms with Crippen molar-refractivity contribution in [2.24, 2.45) is 0 Å². The summed E-state index contributed by atoms with van der Waals surface area (Å²) < 4.78 is 67.1. The lowest BCUT2D eigenvalue weighted by Gasteiger charge is -2.22. The van der Waals surface area contributed by atoms with Gasteiger partial charge in [0.15, 0.2) is 0 Å². The molecule has 0 N–H and O–H groups in total. The molecule has 0 aliphatic rings. The molecule has 0 spiro atoms. The van der Waals surface area contributed by atoms with Crippen LogP contribution in [-0.2, 0) is 11.6 Å². The van der Waals surface area contributed by atoms with E-state index in [-0.39, 0.29) is 5.56 Å². The lowest BCUT2D eigenvalue weighted by atomic mass is 9.85. The largest absolute Gasteiger partial charge is 0.416 e. The van der Waals surface area contributed by atoms with Crippen LogP contribution in [0.2, 0.25) is 0 Å². The van der Waals surface area contributed by atoms with Crippen molar-refractivity contribution in [2.45, 2.75) is 25.4 Å². The molecule has 0 saturated heterocycles. The molecule has 0 radical (unpaired) electrons. The summed E-state index contributed by atoms with van der Waals surface area (Å²) in [6.45, 7) is 3.75. The molecule has 1 aromatic carbocycles. The summed E-state index contributed by atoms with van der Waals surface area (Å²) in [6, 6.07) is 13.8. The van der Waals surface area contributed by atoms with Crippen molar-refractivity contribution in [3.63, 3.8) is 0 Å². The lowest BCUT2D eigenvalue weighted by molar-refractivity contribution is -0.137. The average Bonchev–Trinajstić information content (AvgIpc) is 3.24. The highest BCUT2D eigenvalue weighted by Crippen LogP contribution is 2.32. The first-order chi connectivity index (χ1) is 15.1. The molecule has 32 heavy (non-hydrogen) atoms. The molecule has 4 nitrogen and oxygen atoms in total. The number of nitrogens with zero attached hydrogens (tertiary/aromatic N) is 4. The van der Waals surface area contributed by atoms with E-state index in [1.54, 1.807) is 30.5 Å². The topological polar surface area (TPSA) is 43.6 Å². The Bertz CT molecular complexity index is 1260. The second-order valence-corrected chi connectivity index (χ2v) is 7.70. The first kappa shape index (κ1) is 21.6. The number of halogens is 5. The van der Waals surface area contributed by atoms with Crippen LogP contribution in [0.3, 0.4) is 0 Å². The SMILES string of the molecule is CC(C)(c1cccc(-c2ccc(F)nc2F)n1)c1ccn(-c2ccc(C(F)(F)F)cc2)n1. The van der Waals surface area contributed by atoms with Crippen LogP contribution in [0.1, 0.15) is 30.8 Å². The van der Waals surface area contributed by atoms with Gasteiger partial charge in [0, 0.05) is 6.20 Å². The molecule has 0 bridgehead atoms. The van der Waals surface area contributed by atoms with Crippen LogP contribution in [0.15, 0.2) is 66.9 Å². The molecule has 3 aromatic heterocycles. The van der Waals surface area contributed by atoms with Gasteiger partial charge in [-0.1, -0.05) is 6.07 Å². The van der Waals surface area contributed by atoms with Gasteiger partial charge in [0.25, 0.3) is 0 Å². The molecule has 9 heteroatoms. The van der Waals surface area contributed by atoms with Gasteiger partial charge in [-0.05, 0) is 68.4 Å². The van der Waals surface area contributed by atoms with E-state index >= 15 is 0 Å². The smallest absolute Gasteiger partial charge is 0.252 e. The van der Waals surface area contributed by atoms with Crippen LogP contribution in [0.5, 0.6) is 0 Å². The van der Waals surface area contributed by atoms with Gasteiger partial charge < -0.3 is 0 Å². The van der Waals surface area contributed by atoms with Crippen LogP contribution < -0.4 is 0 Å². The van der Waals surface area contributed by atoms with E-state index in [0.717, 1.165) is 18.2 Å². The second-order valence-electron chi connectivity index (χ2n) is 7.70. The number of hydrogen-bond donors (Lipinski definition) is 0. The fraction of sp³-hybridized carbons (Fsp3) is 0.174. The lowest BCUT2D eigenvalue weighted by Crippen LogP contribution is -2.22. The van der Waals surface area contributed by atoms with Crippen molar-refractivity contribution >= 4 is 0 Å². The van der Waals surface area contributed by atoms with Gasteiger partial charge >= 0.3 is 6.18 Å². The zero-order chi connectivity index (χ0) is 23.1. The zero-order valence-electron chi connectivity index (χ0n) is 17.0. The van der Waals surface area contributed by atoms with Crippen molar-refractivity contribution in [1.82, 2.24) is 19.7 Å². The van der Waals surface area contributed by atoms with E-state index in [0.29, 0.717) is 22.8 Å². The molecule has 0 unspecified atom stereocenters. The molecule has 0 amide bonds. The Balaban J connectivity index is 1.65. The first-order valence-electron chi connectivity index (χ1n) is 9.59. The predicted octanol–water partition coefficient (Wildman–Crippen LogP) is 5.95. The van der Waals surface area contributed by atoms with E-state index in [1.165, 1.54) is 22.9 Å². The fourth-order valence-corrected chi connectivity index (χ4v) is 3.27. The Labute approximate surface area is 180 Å². The standard InChI is InChI=1S/C23H17F5N4/c1-22(2,18-5-3-4-17(29-18)16-10-11-20(24)30-21(16)25)19-12-13-32(31-19)15-8-6-14(7-9-15)23(26,27)28/h3-13H,1-2H3. The maximum Gasteiger partial charge on any atom is 0.416 e. The number of hydrogen-bond acceptors (Lipinski definition) is 3. The molecular formula is C23H17F5N4. The van der Waals surface area contributed by atoms with Crippen molar-refractivity contribution in [1.29, 1.82) is 0 Å². The normalized spacial score (nSPS) is 12.2. The van der Waals surface area contributed by atoms with Crippen molar-refractivity contribution in [3.8, 4) is 16.9 Å². The highest BCUT2D eigenvalue weighted by molar-refractivity contribution is 5.59. The summed E-state index contributed by atoms with van der Waals surface area (Å²) in [7, 11) is 0. The van der Waals surface area contributed by atoms with Gasteiger partial charge in [0.2, 0.25) is 11.9 Å². The van der Waals surface area contributed by atoms with Gasteiger partial charge in [0.05, 0.1) is 39.3 Å². The third-order valence-corrected chi connectivity index (χ3v) is 5.17. The van der Waals surface area contributed by atoms with E-state index in [4.69, 9.17) is 0 Å². The monoisotopic (exact) mass is 444 g/mol. The summed E-state index contributed by atoms with van der Waals surface area (Å²) in [5, 5.41) is 4.51. The highest BCUT2D eigenvalue weighted by Gasteiger charge is 2.31. The molecular weight excluding hydrogens is 427 g/mol. The Hall–Kier alpha value is -3.62. The molecule has 0 aliphatic carbocycles. The number of alkyl halides is 3. The fourth-order valence-electron chi connectivity index (χ4n) is 3.27. The van der Waals surface area contributed by atoms with Crippen LogP contribution in [-0.4, -0.2) is 19.7 Å². The van der Waals surface area contributed by atoms with E-state index in [2.05, 4.69) is 15.1 Å². The van der Waals surface area contributed by atoms with E-state index < -0.39 is 29.1 Å². The van der Waals surface area contributed by atoms with Crippen molar-refractivity contribution < 1.29 is 22.0 Å². The van der Waals surface area contributed by atoms with E-state index in [9.17, 15) is 22.0 Å². The predicted molar refractivity (Wildman–Crippen MR) is 108 cm³/mol. The maximum absolute atomic E-state index is 14.1. The Morgan fingerprint density at radius 1 is 0.781 bits per heavy atom. The number of benzene rings is 1. The number of aromatic nitrogens is 4. The summed E-state index contributed by atoms with van der Waals surface area (Å²) >= 11 is 0. The summed E-state index contributed by atoms with van der Waals surface area (Å²) in [4.78, 5) is 7.72. The third kappa shape index (κ3) is 4.10. The van der Waals surface area contributed by atoms with Gasteiger partial charge in [-0.3, -0.25) is 4.98 Å². The van der Waals surface area contributed by atoms with Crippen LogP contribution in [0.4, 0.5) is 22.0 Å². The molecule has 0 saturated carbocycles. The van der Waals surface area contributed by atoms with Crippen molar-refractivity contribution in [2.75, 3.05) is 0 Å². The Morgan fingerprint density at radius 3 is 2.16 bits per heavy atom. The van der Waals surface area contributed by atoms with E-state index in [1.807, 2.05) is 13.8 Å². The summed E-state index contributed by atoms with van der Waals surface area (Å²) in [6.07, 6.45) is -2.76. The van der Waals surface area contributed by atoms with Crippen molar-refractivity contribution in [3.05, 3.63) is 95.7 Å². The number of pyridine rings is 2. The molecule has 164 valence electrons. The quantitative estimate of drug-likeness (QED) is 0.289. The van der Waals surface area contributed by atoms with Crippen LogP contribution >= 0.6 is 0 Å². The third-order valence-electron chi connectivity index (χ3n) is 5.17. The van der Waals surface area contributed by atoms with Gasteiger partial charge in [-0.25, -0.2) is 4.68 Å². The minimum atomic E-state index is -4.41. The van der Waals surface area contributed by atoms with Gasteiger partial charge in [0.1, 0.15) is 0 Å². The zero-order valence-corrected chi connectivity index (χ0v) is 17.0. The van der Waals surface area contributed by atoms with Gasteiger partial charge in [-0.2, -0.15) is 32.0 Å². The van der Waals surface area contributed by atoms with Crippen LogP contribution in [0.25, 0.3) is 16.9 Å². The minimum absolute atomic E-state index is 0.0688. The maximum atomic E-state index is 14.1. The van der Waals surface area contributed by atoms with Gasteiger partial charge in [-0.15, -0.1) is 0 Å². The summed E-state index contributed by atoms with van der Waals surface area (Å²) in [5.74, 6) is -1.88. The molecule has 4 aromatic rings. The van der Waals surface area contributed by atoms with Crippen LogP contribution in [0, 0.1) is 11.9 Å². The Morgan fingerprint density at radius 2 is 1.50 bits per heavy atom. The molecule has 0 aliphatic heterocycles. The Kier molecular flexibility index (Phi) is 5.28. The molecule has 0 atom stereocenters.